The first-order chi connectivity index (χ1) is 8.72. The second-order valence-corrected chi connectivity index (χ2v) is 4.76. The van der Waals surface area contributed by atoms with Gasteiger partial charge < -0.3 is 10.2 Å². The summed E-state index contributed by atoms with van der Waals surface area (Å²) >= 11 is 0. The molecule has 2 aromatic rings. The highest BCUT2D eigenvalue weighted by atomic mass is 15.2. The molecule has 0 saturated heterocycles. The summed E-state index contributed by atoms with van der Waals surface area (Å²) in [6, 6.07) is 8.12. The van der Waals surface area contributed by atoms with Crippen LogP contribution >= 0.6 is 0 Å². The van der Waals surface area contributed by atoms with E-state index in [1.807, 2.05) is 25.2 Å². The van der Waals surface area contributed by atoms with Gasteiger partial charge in [-0.3, -0.25) is 0 Å². The lowest BCUT2D eigenvalue weighted by Gasteiger charge is -2.23. The Kier molecular flexibility index (Phi) is 4.10. The minimum atomic E-state index is 0.578. The highest BCUT2D eigenvalue weighted by molar-refractivity contribution is 5.89. The normalized spacial score (nSPS) is 12.6. The number of anilines is 1. The summed E-state index contributed by atoms with van der Waals surface area (Å²) in [5.41, 5.74) is 0.996. The van der Waals surface area contributed by atoms with Gasteiger partial charge in [0.15, 0.2) is 0 Å². The van der Waals surface area contributed by atoms with Gasteiger partial charge in [-0.1, -0.05) is 19.1 Å². The Hall–Kier alpha value is -1.68. The largest absolute Gasteiger partial charge is 0.359 e. The van der Waals surface area contributed by atoms with E-state index in [4.69, 9.17) is 0 Å². The summed E-state index contributed by atoms with van der Waals surface area (Å²) in [6.07, 6.45) is 1.64. The Morgan fingerprint density at radius 2 is 2.06 bits per heavy atom. The highest BCUT2D eigenvalue weighted by Gasteiger charge is 2.10. The van der Waals surface area contributed by atoms with Crippen molar-refractivity contribution in [3.05, 3.63) is 30.6 Å². The zero-order valence-corrected chi connectivity index (χ0v) is 11.2. The molecular formula is C14H20N4. The first-order valence-corrected chi connectivity index (χ1v) is 6.28. The Balaban J connectivity index is 2.24. The van der Waals surface area contributed by atoms with E-state index < -0.39 is 0 Å². The summed E-state index contributed by atoms with van der Waals surface area (Å²) in [5.74, 6) is 1.58. The molecule has 4 heteroatoms. The molecule has 0 aliphatic carbocycles. The second kappa shape index (κ2) is 5.78. The third-order valence-corrected chi connectivity index (χ3v) is 3.02. The summed E-state index contributed by atoms with van der Waals surface area (Å²) in [6.45, 7) is 4.21. The van der Waals surface area contributed by atoms with E-state index in [0.29, 0.717) is 5.92 Å². The summed E-state index contributed by atoms with van der Waals surface area (Å²) < 4.78 is 0. The molecule has 0 saturated carbocycles. The van der Waals surface area contributed by atoms with Gasteiger partial charge in [-0.15, -0.1) is 0 Å². The van der Waals surface area contributed by atoms with Gasteiger partial charge in [0.2, 0.25) is 0 Å². The monoisotopic (exact) mass is 244 g/mol. The van der Waals surface area contributed by atoms with Crippen LogP contribution in [0.15, 0.2) is 30.6 Å². The van der Waals surface area contributed by atoms with Crippen LogP contribution in [0.3, 0.4) is 0 Å². The highest BCUT2D eigenvalue weighted by Crippen LogP contribution is 2.21. The molecule has 0 fully saturated rings. The van der Waals surface area contributed by atoms with Gasteiger partial charge >= 0.3 is 0 Å². The second-order valence-electron chi connectivity index (χ2n) is 4.76. The quantitative estimate of drug-likeness (QED) is 0.872. The van der Waals surface area contributed by atoms with E-state index in [1.165, 1.54) is 0 Å². The molecule has 1 unspecified atom stereocenters. The van der Waals surface area contributed by atoms with Crippen LogP contribution in [0.4, 0.5) is 5.82 Å². The van der Waals surface area contributed by atoms with Gasteiger partial charge in [0.25, 0.3) is 0 Å². The van der Waals surface area contributed by atoms with Crippen molar-refractivity contribution in [1.82, 2.24) is 15.3 Å². The van der Waals surface area contributed by atoms with E-state index in [1.54, 1.807) is 6.33 Å². The number of rotatable bonds is 5. The van der Waals surface area contributed by atoms with E-state index in [9.17, 15) is 0 Å². The molecule has 0 aliphatic heterocycles. The number of para-hydroxylation sites is 1. The van der Waals surface area contributed by atoms with E-state index in [-0.39, 0.29) is 0 Å². The predicted molar refractivity (Wildman–Crippen MR) is 75.9 cm³/mol. The lowest BCUT2D eigenvalue weighted by atomic mass is 10.1. The summed E-state index contributed by atoms with van der Waals surface area (Å²) in [5, 5.41) is 4.31. The molecule has 0 bridgehead atoms. The maximum atomic E-state index is 4.41. The Morgan fingerprint density at radius 1 is 1.28 bits per heavy atom. The van der Waals surface area contributed by atoms with E-state index in [0.717, 1.165) is 29.8 Å². The fraction of sp³-hybridized carbons (Fsp3) is 0.429. The predicted octanol–water partition coefficient (Wildman–Crippen LogP) is 1.92. The lowest BCUT2D eigenvalue weighted by molar-refractivity contribution is 0.541. The van der Waals surface area contributed by atoms with Gasteiger partial charge in [-0.25, -0.2) is 9.97 Å². The van der Waals surface area contributed by atoms with Crippen molar-refractivity contribution in [3.8, 4) is 0 Å². The first-order valence-electron chi connectivity index (χ1n) is 6.28. The molecule has 18 heavy (non-hydrogen) atoms. The van der Waals surface area contributed by atoms with Crippen LogP contribution in [0.1, 0.15) is 6.92 Å². The van der Waals surface area contributed by atoms with Crippen LogP contribution in [0.2, 0.25) is 0 Å². The Morgan fingerprint density at radius 3 is 2.83 bits per heavy atom. The van der Waals surface area contributed by atoms with Crippen molar-refractivity contribution in [2.45, 2.75) is 6.92 Å². The molecule has 4 nitrogen and oxygen atoms in total. The molecule has 2 rings (SSSR count). The zero-order valence-electron chi connectivity index (χ0n) is 11.2. The van der Waals surface area contributed by atoms with Gasteiger partial charge in [0.1, 0.15) is 12.1 Å². The van der Waals surface area contributed by atoms with Crippen LogP contribution in [0.5, 0.6) is 0 Å². The van der Waals surface area contributed by atoms with Crippen molar-refractivity contribution in [1.29, 1.82) is 0 Å². The van der Waals surface area contributed by atoms with Crippen molar-refractivity contribution in [2.75, 3.05) is 32.1 Å². The SMILES string of the molecule is CNCC(C)CN(C)c1ncnc2ccccc12. The van der Waals surface area contributed by atoms with Crippen LogP contribution < -0.4 is 10.2 Å². The standard InChI is InChI=1S/C14H20N4/c1-11(8-15-2)9-18(3)14-12-6-4-5-7-13(12)16-10-17-14/h4-7,10-11,15H,8-9H2,1-3H3. The maximum absolute atomic E-state index is 4.41. The number of nitrogens with zero attached hydrogens (tertiary/aromatic N) is 3. The third-order valence-electron chi connectivity index (χ3n) is 3.02. The smallest absolute Gasteiger partial charge is 0.139 e. The number of nitrogens with one attached hydrogen (secondary N) is 1. The molecule has 1 aromatic carbocycles. The summed E-state index contributed by atoms with van der Waals surface area (Å²) in [4.78, 5) is 10.9. The molecule has 1 N–H and O–H groups in total. The van der Waals surface area contributed by atoms with E-state index in [2.05, 4.69) is 40.2 Å². The number of aromatic nitrogens is 2. The van der Waals surface area contributed by atoms with Crippen LogP contribution in [0.25, 0.3) is 10.9 Å². The number of hydrogen-bond acceptors (Lipinski definition) is 4. The Labute approximate surface area is 108 Å². The van der Waals surface area contributed by atoms with Crippen LogP contribution in [-0.2, 0) is 0 Å². The minimum absolute atomic E-state index is 0.578. The molecule has 0 aliphatic rings. The molecule has 0 amide bonds. The van der Waals surface area contributed by atoms with E-state index >= 15 is 0 Å². The zero-order chi connectivity index (χ0) is 13.0. The molecule has 1 atom stereocenters. The average molecular weight is 244 g/mol. The van der Waals surface area contributed by atoms with Gasteiger partial charge in [0.05, 0.1) is 5.52 Å². The van der Waals surface area contributed by atoms with Gasteiger partial charge in [-0.2, -0.15) is 0 Å². The number of benzene rings is 1. The third kappa shape index (κ3) is 2.76. The lowest BCUT2D eigenvalue weighted by Crippen LogP contribution is -2.30. The summed E-state index contributed by atoms with van der Waals surface area (Å²) in [7, 11) is 4.07. The van der Waals surface area contributed by atoms with Gasteiger partial charge in [0, 0.05) is 19.0 Å². The fourth-order valence-electron chi connectivity index (χ4n) is 2.26. The first kappa shape index (κ1) is 12.8. The maximum Gasteiger partial charge on any atom is 0.139 e. The fourth-order valence-corrected chi connectivity index (χ4v) is 2.26. The topological polar surface area (TPSA) is 41.0 Å². The molecular weight excluding hydrogens is 224 g/mol. The van der Waals surface area contributed by atoms with Crippen molar-refractivity contribution in [2.24, 2.45) is 5.92 Å². The van der Waals surface area contributed by atoms with Crippen molar-refractivity contribution >= 4 is 16.7 Å². The minimum Gasteiger partial charge on any atom is -0.359 e. The van der Waals surface area contributed by atoms with Crippen LogP contribution in [-0.4, -0.2) is 37.2 Å². The number of fused-ring (bicyclic) bond motifs is 1. The van der Waals surface area contributed by atoms with Crippen molar-refractivity contribution in [3.63, 3.8) is 0 Å². The van der Waals surface area contributed by atoms with Gasteiger partial charge in [-0.05, 0) is 31.6 Å². The average Bonchev–Trinajstić information content (AvgIpc) is 2.38. The number of hydrogen-bond donors (Lipinski definition) is 1. The molecule has 96 valence electrons. The molecule has 1 aromatic heterocycles. The molecule has 0 radical (unpaired) electrons. The molecule has 0 spiro atoms. The van der Waals surface area contributed by atoms with Crippen LogP contribution in [0, 0.1) is 5.92 Å². The Bertz CT molecular complexity index is 507. The molecule has 1 heterocycles. The van der Waals surface area contributed by atoms with Crippen molar-refractivity contribution < 1.29 is 0 Å².